The van der Waals surface area contributed by atoms with E-state index in [0.717, 1.165) is 6.54 Å². The molecular formula is C15H25N3. The van der Waals surface area contributed by atoms with Crippen LogP contribution in [0.1, 0.15) is 24.0 Å². The van der Waals surface area contributed by atoms with E-state index in [1.54, 1.807) is 0 Å². The summed E-state index contributed by atoms with van der Waals surface area (Å²) in [7, 11) is 4.37. The van der Waals surface area contributed by atoms with Crippen molar-refractivity contribution in [2.75, 3.05) is 27.2 Å². The van der Waals surface area contributed by atoms with E-state index in [-0.39, 0.29) is 0 Å². The number of hydrogen-bond donors (Lipinski definition) is 1. The van der Waals surface area contributed by atoms with Crippen molar-refractivity contribution in [3.63, 3.8) is 0 Å². The van der Waals surface area contributed by atoms with E-state index in [1.807, 2.05) is 0 Å². The quantitative estimate of drug-likeness (QED) is 0.878. The second-order valence-corrected chi connectivity index (χ2v) is 5.52. The molecule has 1 fully saturated rings. The van der Waals surface area contributed by atoms with Crippen LogP contribution in [0.3, 0.4) is 0 Å². The molecule has 1 unspecified atom stereocenters. The molecule has 1 aromatic rings. The Kier molecular flexibility index (Phi) is 4.75. The summed E-state index contributed by atoms with van der Waals surface area (Å²) >= 11 is 0. The Bertz CT molecular complexity index is 376. The van der Waals surface area contributed by atoms with Crippen LogP contribution in [0.25, 0.3) is 0 Å². The minimum Gasteiger partial charge on any atom is -0.326 e. The number of piperidine rings is 1. The predicted molar refractivity (Wildman–Crippen MR) is 76.3 cm³/mol. The van der Waals surface area contributed by atoms with Gasteiger partial charge in [-0.3, -0.25) is 4.90 Å². The summed E-state index contributed by atoms with van der Waals surface area (Å²) in [4.78, 5) is 4.91. The molecule has 0 saturated carbocycles. The van der Waals surface area contributed by atoms with E-state index in [1.165, 1.54) is 37.1 Å². The van der Waals surface area contributed by atoms with Gasteiger partial charge in [-0.25, -0.2) is 0 Å². The molecule has 1 aliphatic heterocycles. The van der Waals surface area contributed by atoms with Crippen molar-refractivity contribution < 1.29 is 0 Å². The molecule has 0 aliphatic carbocycles. The molecule has 3 heteroatoms. The summed E-state index contributed by atoms with van der Waals surface area (Å²) in [6.45, 7) is 4.09. The molecule has 1 saturated heterocycles. The minimum atomic E-state index is 0.633. The SMILES string of the molecule is CN(C)C1CCCN(Cc2cccc(CN)c2)C1. The van der Waals surface area contributed by atoms with Gasteiger partial charge in [0.15, 0.2) is 0 Å². The van der Waals surface area contributed by atoms with Gasteiger partial charge in [-0.1, -0.05) is 24.3 Å². The van der Waals surface area contributed by atoms with Gasteiger partial charge < -0.3 is 10.6 Å². The molecule has 3 nitrogen and oxygen atoms in total. The highest BCUT2D eigenvalue weighted by Crippen LogP contribution is 2.16. The fraction of sp³-hybridized carbons (Fsp3) is 0.600. The first-order valence-electron chi connectivity index (χ1n) is 6.85. The van der Waals surface area contributed by atoms with Crippen LogP contribution in [0, 0.1) is 0 Å². The van der Waals surface area contributed by atoms with E-state index >= 15 is 0 Å². The largest absolute Gasteiger partial charge is 0.326 e. The number of nitrogens with zero attached hydrogens (tertiary/aromatic N) is 2. The van der Waals surface area contributed by atoms with Crippen molar-refractivity contribution in [1.29, 1.82) is 0 Å². The van der Waals surface area contributed by atoms with Crippen LogP contribution in [0.5, 0.6) is 0 Å². The van der Waals surface area contributed by atoms with Gasteiger partial charge in [0.1, 0.15) is 0 Å². The van der Waals surface area contributed by atoms with Gasteiger partial charge >= 0.3 is 0 Å². The fourth-order valence-electron chi connectivity index (χ4n) is 2.71. The van der Waals surface area contributed by atoms with Crippen molar-refractivity contribution in [2.45, 2.75) is 32.0 Å². The third kappa shape index (κ3) is 3.55. The summed E-state index contributed by atoms with van der Waals surface area (Å²) < 4.78 is 0. The van der Waals surface area contributed by atoms with E-state index in [4.69, 9.17) is 5.73 Å². The third-order valence-electron chi connectivity index (χ3n) is 3.84. The Morgan fingerprint density at radius 3 is 2.83 bits per heavy atom. The van der Waals surface area contributed by atoms with Crippen LogP contribution < -0.4 is 5.73 Å². The summed E-state index contributed by atoms with van der Waals surface area (Å²) in [6, 6.07) is 9.36. The van der Waals surface area contributed by atoms with E-state index < -0.39 is 0 Å². The fourth-order valence-corrected chi connectivity index (χ4v) is 2.71. The average Bonchev–Trinajstić information content (AvgIpc) is 2.39. The first-order chi connectivity index (χ1) is 8.69. The summed E-state index contributed by atoms with van der Waals surface area (Å²) in [5, 5.41) is 0. The molecule has 1 heterocycles. The first-order valence-corrected chi connectivity index (χ1v) is 6.85. The van der Waals surface area contributed by atoms with Crippen molar-refractivity contribution in [3.8, 4) is 0 Å². The van der Waals surface area contributed by atoms with Crippen molar-refractivity contribution >= 4 is 0 Å². The highest BCUT2D eigenvalue weighted by Gasteiger charge is 2.21. The zero-order valence-corrected chi connectivity index (χ0v) is 11.6. The van der Waals surface area contributed by atoms with Crippen LogP contribution in [0.4, 0.5) is 0 Å². The van der Waals surface area contributed by atoms with Crippen molar-refractivity contribution in [3.05, 3.63) is 35.4 Å². The van der Waals surface area contributed by atoms with Gasteiger partial charge in [0.2, 0.25) is 0 Å². The van der Waals surface area contributed by atoms with Crippen LogP contribution >= 0.6 is 0 Å². The van der Waals surface area contributed by atoms with Crippen LogP contribution in [-0.2, 0) is 13.1 Å². The summed E-state index contributed by atoms with van der Waals surface area (Å²) in [5.74, 6) is 0. The molecule has 0 amide bonds. The lowest BCUT2D eigenvalue weighted by molar-refractivity contribution is 0.128. The maximum Gasteiger partial charge on any atom is 0.0234 e. The molecule has 1 atom stereocenters. The average molecular weight is 247 g/mol. The lowest BCUT2D eigenvalue weighted by Gasteiger charge is -2.36. The zero-order chi connectivity index (χ0) is 13.0. The second-order valence-electron chi connectivity index (χ2n) is 5.52. The number of rotatable bonds is 4. The van der Waals surface area contributed by atoms with Crippen LogP contribution in [0.15, 0.2) is 24.3 Å². The van der Waals surface area contributed by atoms with Crippen molar-refractivity contribution in [2.24, 2.45) is 5.73 Å². The first kappa shape index (κ1) is 13.5. The number of benzene rings is 1. The topological polar surface area (TPSA) is 32.5 Å². The van der Waals surface area contributed by atoms with Gasteiger partial charge in [0.25, 0.3) is 0 Å². The number of nitrogens with two attached hydrogens (primary N) is 1. The zero-order valence-electron chi connectivity index (χ0n) is 11.6. The van der Waals surface area contributed by atoms with E-state index in [0.29, 0.717) is 12.6 Å². The molecule has 1 aromatic carbocycles. The molecule has 2 N–H and O–H groups in total. The Balaban J connectivity index is 1.95. The monoisotopic (exact) mass is 247 g/mol. The van der Waals surface area contributed by atoms with Gasteiger partial charge in [0.05, 0.1) is 0 Å². The smallest absolute Gasteiger partial charge is 0.0234 e. The Morgan fingerprint density at radius 2 is 2.11 bits per heavy atom. The molecule has 18 heavy (non-hydrogen) atoms. The number of likely N-dealkylation sites (tertiary alicyclic amines) is 1. The molecule has 0 bridgehead atoms. The van der Waals surface area contributed by atoms with Gasteiger partial charge in [-0.05, 0) is 44.6 Å². The maximum absolute atomic E-state index is 5.69. The maximum atomic E-state index is 5.69. The minimum absolute atomic E-state index is 0.633. The molecule has 100 valence electrons. The highest BCUT2D eigenvalue weighted by atomic mass is 15.2. The molecular weight excluding hydrogens is 222 g/mol. The second kappa shape index (κ2) is 6.32. The van der Waals surface area contributed by atoms with E-state index in [2.05, 4.69) is 48.2 Å². The lowest BCUT2D eigenvalue weighted by Crippen LogP contribution is -2.44. The van der Waals surface area contributed by atoms with Crippen LogP contribution in [0.2, 0.25) is 0 Å². The van der Waals surface area contributed by atoms with Crippen molar-refractivity contribution in [1.82, 2.24) is 9.80 Å². The summed E-state index contributed by atoms with van der Waals surface area (Å²) in [5.41, 5.74) is 8.31. The Labute approximate surface area is 111 Å². The van der Waals surface area contributed by atoms with E-state index in [9.17, 15) is 0 Å². The van der Waals surface area contributed by atoms with Gasteiger partial charge in [0, 0.05) is 25.7 Å². The standard InChI is InChI=1S/C15H25N3/c1-17(2)15-7-4-8-18(12-15)11-14-6-3-5-13(9-14)10-16/h3,5-6,9,15H,4,7-8,10-12,16H2,1-2H3. The number of hydrogen-bond acceptors (Lipinski definition) is 3. The van der Waals surface area contributed by atoms with Gasteiger partial charge in [-0.15, -0.1) is 0 Å². The Morgan fingerprint density at radius 1 is 1.33 bits per heavy atom. The predicted octanol–water partition coefficient (Wildman–Crippen LogP) is 1.67. The molecule has 2 rings (SSSR count). The van der Waals surface area contributed by atoms with Gasteiger partial charge in [-0.2, -0.15) is 0 Å². The molecule has 0 aromatic heterocycles. The highest BCUT2D eigenvalue weighted by molar-refractivity contribution is 5.23. The molecule has 1 aliphatic rings. The molecule has 0 spiro atoms. The number of likely N-dealkylation sites (N-methyl/N-ethyl adjacent to an activating group) is 1. The summed E-state index contributed by atoms with van der Waals surface area (Å²) in [6.07, 6.45) is 2.63. The Hall–Kier alpha value is -0.900. The lowest BCUT2D eigenvalue weighted by atomic mass is 10.0. The normalized spacial score (nSPS) is 21.4. The molecule has 0 radical (unpaired) electrons. The van der Waals surface area contributed by atoms with Crippen LogP contribution in [-0.4, -0.2) is 43.0 Å². The third-order valence-corrected chi connectivity index (χ3v) is 3.84.